The van der Waals surface area contributed by atoms with Crippen LogP contribution in [-0.4, -0.2) is 16.6 Å². The van der Waals surface area contributed by atoms with Crippen LogP contribution in [0.5, 0.6) is 0 Å². The van der Waals surface area contributed by atoms with Gasteiger partial charge in [0.1, 0.15) is 5.76 Å². The van der Waals surface area contributed by atoms with Crippen molar-refractivity contribution < 1.29 is 14.0 Å². The van der Waals surface area contributed by atoms with Gasteiger partial charge in [-0.3, -0.25) is 9.59 Å². The lowest BCUT2D eigenvalue weighted by Crippen LogP contribution is -2.29. The summed E-state index contributed by atoms with van der Waals surface area (Å²) in [6.45, 7) is 4.48. The summed E-state index contributed by atoms with van der Waals surface area (Å²) >= 11 is 1.68. The van der Waals surface area contributed by atoms with Crippen molar-refractivity contribution in [2.24, 2.45) is 0 Å². The van der Waals surface area contributed by atoms with Gasteiger partial charge in [0.25, 0.3) is 5.91 Å². The Balaban J connectivity index is 1.83. The molecule has 0 aliphatic heterocycles. The van der Waals surface area contributed by atoms with E-state index in [1.54, 1.807) is 46.8 Å². The number of nitrogens with zero attached hydrogens (tertiary/aromatic N) is 1. The smallest absolute Gasteiger partial charge is 0.254 e. The van der Waals surface area contributed by atoms with E-state index in [0.717, 1.165) is 10.6 Å². The molecule has 5 heteroatoms. The Bertz CT molecular complexity index is 863. The lowest BCUT2D eigenvalue weighted by Gasteiger charge is -2.21. The van der Waals surface area contributed by atoms with E-state index in [9.17, 15) is 9.59 Å². The second-order valence-electron chi connectivity index (χ2n) is 5.89. The molecule has 128 valence electrons. The number of aryl methyl sites for hydroxylation is 1. The number of hydrogen-bond donors (Lipinski definition) is 0. The van der Waals surface area contributed by atoms with Gasteiger partial charge in [-0.1, -0.05) is 12.1 Å². The average molecular weight is 353 g/mol. The predicted molar refractivity (Wildman–Crippen MR) is 97.8 cm³/mol. The van der Waals surface area contributed by atoms with E-state index < -0.39 is 0 Å². The molecule has 0 unspecified atom stereocenters. The molecule has 0 fully saturated rings. The van der Waals surface area contributed by atoms with Gasteiger partial charge in [-0.2, -0.15) is 0 Å². The maximum absolute atomic E-state index is 13.0. The van der Waals surface area contributed by atoms with Crippen molar-refractivity contribution in [3.63, 3.8) is 0 Å². The van der Waals surface area contributed by atoms with Gasteiger partial charge < -0.3 is 9.32 Å². The van der Waals surface area contributed by atoms with Crippen LogP contribution in [0, 0.1) is 6.92 Å². The van der Waals surface area contributed by atoms with Gasteiger partial charge in [0.05, 0.1) is 19.4 Å². The van der Waals surface area contributed by atoms with Crippen molar-refractivity contribution in [2.45, 2.75) is 26.9 Å². The lowest BCUT2D eigenvalue weighted by molar-refractivity contribution is 0.0719. The van der Waals surface area contributed by atoms with Crippen molar-refractivity contribution in [1.82, 2.24) is 4.90 Å². The van der Waals surface area contributed by atoms with Crippen molar-refractivity contribution in [3.8, 4) is 0 Å². The second-order valence-corrected chi connectivity index (χ2v) is 7.26. The molecule has 3 aromatic rings. The number of carbonyl (C=O) groups is 2. The molecule has 1 aromatic carbocycles. The highest BCUT2D eigenvalue weighted by molar-refractivity contribution is 7.11. The predicted octanol–water partition coefficient (Wildman–Crippen LogP) is 4.69. The van der Waals surface area contributed by atoms with Crippen LogP contribution >= 0.6 is 11.3 Å². The normalized spacial score (nSPS) is 10.6. The number of furan rings is 1. The Morgan fingerprint density at radius 3 is 2.28 bits per heavy atom. The summed E-state index contributed by atoms with van der Waals surface area (Å²) in [5, 5.41) is 0. The van der Waals surface area contributed by atoms with Crippen LogP contribution in [0.2, 0.25) is 0 Å². The van der Waals surface area contributed by atoms with Gasteiger partial charge in [0.15, 0.2) is 5.78 Å². The van der Waals surface area contributed by atoms with Crippen LogP contribution in [0.15, 0.2) is 59.2 Å². The topological polar surface area (TPSA) is 50.5 Å². The average Bonchev–Trinajstić information content (AvgIpc) is 3.25. The highest BCUT2D eigenvalue weighted by Gasteiger charge is 2.19. The molecule has 2 aromatic heterocycles. The number of thiophene rings is 1. The quantitative estimate of drug-likeness (QED) is 0.604. The SMILES string of the molecule is CC(=O)c1ccc(C(=O)N(Cc2ccco2)Cc2ccc(C)s2)cc1. The molecule has 0 spiro atoms. The van der Waals surface area contributed by atoms with Gasteiger partial charge >= 0.3 is 0 Å². The zero-order valence-electron chi connectivity index (χ0n) is 14.2. The second kappa shape index (κ2) is 7.49. The van der Waals surface area contributed by atoms with Gasteiger partial charge in [-0.15, -0.1) is 11.3 Å². The fraction of sp³-hybridized carbons (Fsp3) is 0.200. The molecule has 25 heavy (non-hydrogen) atoms. The highest BCUT2D eigenvalue weighted by Crippen LogP contribution is 2.20. The Hall–Kier alpha value is -2.66. The molecule has 0 radical (unpaired) electrons. The summed E-state index contributed by atoms with van der Waals surface area (Å²) in [5.41, 5.74) is 1.16. The summed E-state index contributed by atoms with van der Waals surface area (Å²) in [5.74, 6) is 0.639. The van der Waals surface area contributed by atoms with Crippen LogP contribution in [0.3, 0.4) is 0 Å². The molecule has 0 saturated heterocycles. The molecule has 0 aliphatic rings. The minimum absolute atomic E-state index is 0.0134. The van der Waals surface area contributed by atoms with Crippen molar-refractivity contribution >= 4 is 23.0 Å². The number of rotatable bonds is 6. The highest BCUT2D eigenvalue weighted by atomic mass is 32.1. The molecule has 2 heterocycles. The monoisotopic (exact) mass is 353 g/mol. The Kier molecular flexibility index (Phi) is 5.14. The first kappa shape index (κ1) is 17.2. The van der Waals surface area contributed by atoms with E-state index in [1.165, 1.54) is 11.8 Å². The molecule has 0 saturated carbocycles. The molecular weight excluding hydrogens is 334 g/mol. The van der Waals surface area contributed by atoms with Crippen molar-refractivity contribution in [3.05, 3.63) is 81.4 Å². The van der Waals surface area contributed by atoms with Crippen LogP contribution in [0.1, 0.15) is 43.2 Å². The van der Waals surface area contributed by atoms with E-state index in [0.29, 0.717) is 24.2 Å². The summed E-state index contributed by atoms with van der Waals surface area (Å²) in [4.78, 5) is 28.5. The number of benzene rings is 1. The molecule has 0 atom stereocenters. The third-order valence-electron chi connectivity index (χ3n) is 3.90. The van der Waals surface area contributed by atoms with Gasteiger partial charge in [-0.05, 0) is 50.2 Å². The van der Waals surface area contributed by atoms with Gasteiger partial charge in [0, 0.05) is 20.9 Å². The molecule has 0 aliphatic carbocycles. The third-order valence-corrected chi connectivity index (χ3v) is 4.88. The maximum Gasteiger partial charge on any atom is 0.254 e. The van der Waals surface area contributed by atoms with E-state index >= 15 is 0 Å². The zero-order chi connectivity index (χ0) is 17.8. The fourth-order valence-corrected chi connectivity index (χ4v) is 3.48. The number of amides is 1. The molecular formula is C20H19NO3S. The lowest BCUT2D eigenvalue weighted by atomic mass is 10.1. The fourth-order valence-electron chi connectivity index (χ4n) is 2.58. The van der Waals surface area contributed by atoms with Crippen LogP contribution in [-0.2, 0) is 13.1 Å². The third kappa shape index (κ3) is 4.25. The minimum atomic E-state index is -0.0856. The summed E-state index contributed by atoms with van der Waals surface area (Å²) in [6, 6.07) is 14.6. The first-order valence-corrected chi connectivity index (χ1v) is 8.82. The van der Waals surface area contributed by atoms with Gasteiger partial charge in [-0.25, -0.2) is 0 Å². The molecule has 4 nitrogen and oxygen atoms in total. The minimum Gasteiger partial charge on any atom is -0.467 e. The van der Waals surface area contributed by atoms with Gasteiger partial charge in [0.2, 0.25) is 0 Å². The number of ketones is 1. The van der Waals surface area contributed by atoms with E-state index in [1.807, 2.05) is 25.1 Å². The maximum atomic E-state index is 13.0. The first-order valence-electron chi connectivity index (χ1n) is 8.01. The van der Waals surface area contributed by atoms with E-state index in [4.69, 9.17) is 4.42 Å². The molecule has 0 bridgehead atoms. The van der Waals surface area contributed by atoms with Crippen LogP contribution in [0.4, 0.5) is 0 Å². The number of carbonyl (C=O) groups excluding carboxylic acids is 2. The molecule has 0 N–H and O–H groups in total. The molecule has 3 rings (SSSR count). The Morgan fingerprint density at radius 2 is 1.72 bits per heavy atom. The first-order chi connectivity index (χ1) is 12.0. The Labute approximate surface area is 150 Å². The van der Waals surface area contributed by atoms with Crippen LogP contribution < -0.4 is 0 Å². The summed E-state index contributed by atoms with van der Waals surface area (Å²) in [6.07, 6.45) is 1.61. The van der Waals surface area contributed by atoms with E-state index in [-0.39, 0.29) is 11.7 Å². The summed E-state index contributed by atoms with van der Waals surface area (Å²) < 4.78 is 5.41. The van der Waals surface area contributed by atoms with Crippen molar-refractivity contribution in [2.75, 3.05) is 0 Å². The molecule has 1 amide bonds. The standard InChI is InChI=1S/C20H19NO3S/c1-14-5-10-19(25-14)13-21(12-18-4-3-11-24-18)20(23)17-8-6-16(7-9-17)15(2)22/h3-11H,12-13H2,1-2H3. The number of Topliss-reactive ketones (excluding diaryl/α,β-unsaturated/α-hetero) is 1. The summed E-state index contributed by atoms with van der Waals surface area (Å²) in [7, 11) is 0. The van der Waals surface area contributed by atoms with Crippen LogP contribution in [0.25, 0.3) is 0 Å². The number of hydrogen-bond acceptors (Lipinski definition) is 4. The van der Waals surface area contributed by atoms with E-state index in [2.05, 4.69) is 6.07 Å². The zero-order valence-corrected chi connectivity index (χ0v) is 15.0. The largest absolute Gasteiger partial charge is 0.467 e. The van der Waals surface area contributed by atoms with Crippen molar-refractivity contribution in [1.29, 1.82) is 0 Å². The Morgan fingerprint density at radius 1 is 1.00 bits per heavy atom.